The quantitative estimate of drug-likeness (QED) is 0.841. The lowest BCUT2D eigenvalue weighted by Gasteiger charge is -2.09. The molecule has 0 saturated carbocycles. The van der Waals surface area contributed by atoms with Crippen LogP contribution in [0.1, 0.15) is 5.56 Å². The van der Waals surface area contributed by atoms with Gasteiger partial charge in [-0.25, -0.2) is 4.39 Å². The van der Waals surface area contributed by atoms with Crippen LogP contribution in [0.4, 0.5) is 10.1 Å². The maximum Gasteiger partial charge on any atom is 0.247 e. The minimum absolute atomic E-state index is 0.103. The van der Waals surface area contributed by atoms with E-state index >= 15 is 0 Å². The van der Waals surface area contributed by atoms with Gasteiger partial charge < -0.3 is 10.1 Å². The first-order valence-corrected chi connectivity index (χ1v) is 6.56. The number of ether oxygens (including phenoxy) is 1. The molecule has 108 valence electrons. The Labute approximate surface area is 127 Å². The molecule has 1 amide bonds. The lowest BCUT2D eigenvalue weighted by molar-refractivity contribution is -0.111. The molecule has 0 radical (unpaired) electrons. The molecule has 0 atom stereocenters. The van der Waals surface area contributed by atoms with E-state index in [2.05, 4.69) is 11.9 Å². The summed E-state index contributed by atoms with van der Waals surface area (Å²) in [7, 11) is 0. The number of anilines is 1. The van der Waals surface area contributed by atoms with E-state index in [1.807, 2.05) is 6.07 Å². The van der Waals surface area contributed by atoms with Gasteiger partial charge >= 0.3 is 0 Å². The molecule has 5 heteroatoms. The molecule has 0 spiro atoms. The molecule has 1 N–H and O–H groups in total. The number of hydrogen-bond acceptors (Lipinski definition) is 2. The summed E-state index contributed by atoms with van der Waals surface area (Å²) in [6.45, 7) is 3.53. The molecule has 21 heavy (non-hydrogen) atoms. The average Bonchev–Trinajstić information content (AvgIpc) is 2.46. The van der Waals surface area contributed by atoms with Crippen molar-refractivity contribution in [1.29, 1.82) is 0 Å². The molecule has 0 bridgehead atoms. The molecule has 0 aliphatic heterocycles. The molecule has 0 unspecified atom stereocenters. The Kier molecular flexibility index (Phi) is 4.95. The first-order chi connectivity index (χ1) is 10.1. The van der Waals surface area contributed by atoms with Crippen LogP contribution in [-0.4, -0.2) is 5.91 Å². The zero-order valence-electron chi connectivity index (χ0n) is 11.1. The zero-order valence-corrected chi connectivity index (χ0v) is 11.9. The Morgan fingerprint density at radius 1 is 1.33 bits per heavy atom. The van der Waals surface area contributed by atoms with Gasteiger partial charge in [0.15, 0.2) is 11.6 Å². The molecule has 0 saturated heterocycles. The number of benzene rings is 2. The summed E-state index contributed by atoms with van der Waals surface area (Å²) < 4.78 is 19.3. The van der Waals surface area contributed by atoms with E-state index in [0.717, 1.165) is 11.6 Å². The number of halogens is 2. The summed E-state index contributed by atoms with van der Waals surface area (Å²) in [5, 5.41) is 3.07. The van der Waals surface area contributed by atoms with Crippen LogP contribution in [0.5, 0.6) is 5.75 Å². The lowest BCUT2D eigenvalue weighted by atomic mass is 10.2. The topological polar surface area (TPSA) is 38.3 Å². The van der Waals surface area contributed by atoms with Crippen molar-refractivity contribution in [2.75, 3.05) is 5.32 Å². The first-order valence-electron chi connectivity index (χ1n) is 6.18. The van der Waals surface area contributed by atoms with Crippen LogP contribution >= 0.6 is 11.6 Å². The Balaban J connectivity index is 2.04. The third-order valence-electron chi connectivity index (χ3n) is 2.67. The molecule has 0 heterocycles. The van der Waals surface area contributed by atoms with Crippen LogP contribution < -0.4 is 10.1 Å². The van der Waals surface area contributed by atoms with Gasteiger partial charge in [0.25, 0.3) is 0 Å². The van der Waals surface area contributed by atoms with Gasteiger partial charge in [0.05, 0.1) is 0 Å². The van der Waals surface area contributed by atoms with Crippen LogP contribution in [0.25, 0.3) is 0 Å². The van der Waals surface area contributed by atoms with Crippen molar-refractivity contribution in [2.45, 2.75) is 6.61 Å². The van der Waals surface area contributed by atoms with Crippen molar-refractivity contribution < 1.29 is 13.9 Å². The van der Waals surface area contributed by atoms with Crippen molar-refractivity contribution in [3.63, 3.8) is 0 Å². The molecule has 0 aliphatic rings. The molecule has 3 nitrogen and oxygen atoms in total. The van der Waals surface area contributed by atoms with E-state index in [4.69, 9.17) is 16.3 Å². The molecular weight excluding hydrogens is 293 g/mol. The van der Waals surface area contributed by atoms with Gasteiger partial charge in [0.1, 0.15) is 6.61 Å². The molecule has 0 aliphatic carbocycles. The summed E-state index contributed by atoms with van der Waals surface area (Å²) in [5.41, 5.74) is 1.18. The maximum absolute atomic E-state index is 13.9. The van der Waals surface area contributed by atoms with Crippen LogP contribution in [0.3, 0.4) is 0 Å². The number of hydrogen-bond donors (Lipinski definition) is 1. The number of nitrogens with one attached hydrogen (secondary N) is 1. The highest BCUT2D eigenvalue weighted by atomic mass is 35.5. The van der Waals surface area contributed by atoms with Gasteiger partial charge in [0, 0.05) is 16.8 Å². The smallest absolute Gasteiger partial charge is 0.247 e. The minimum atomic E-state index is -0.557. The largest absolute Gasteiger partial charge is 0.486 e. The standard InChI is InChI=1S/C16H13ClFNO2/c1-2-16(20)19-13-6-7-15(14(18)9-13)21-10-11-4-3-5-12(17)8-11/h2-9H,1,10H2,(H,19,20). The van der Waals surface area contributed by atoms with E-state index < -0.39 is 11.7 Å². The second-order valence-electron chi connectivity index (χ2n) is 4.26. The minimum Gasteiger partial charge on any atom is -0.486 e. The Morgan fingerprint density at radius 2 is 2.14 bits per heavy atom. The zero-order chi connectivity index (χ0) is 15.2. The van der Waals surface area contributed by atoms with E-state index in [1.165, 1.54) is 12.1 Å². The van der Waals surface area contributed by atoms with E-state index in [9.17, 15) is 9.18 Å². The Bertz CT molecular complexity index is 673. The second kappa shape index (κ2) is 6.90. The van der Waals surface area contributed by atoms with Gasteiger partial charge in [-0.2, -0.15) is 0 Å². The monoisotopic (exact) mass is 305 g/mol. The predicted molar refractivity (Wildman–Crippen MR) is 81.0 cm³/mol. The summed E-state index contributed by atoms with van der Waals surface area (Å²) in [6.07, 6.45) is 1.11. The molecule has 0 fully saturated rings. The first kappa shape index (κ1) is 15.1. The molecule has 0 aromatic heterocycles. The summed E-state index contributed by atoms with van der Waals surface area (Å²) >= 11 is 5.86. The van der Waals surface area contributed by atoms with Gasteiger partial charge in [0.2, 0.25) is 5.91 Å². The SMILES string of the molecule is C=CC(=O)Nc1ccc(OCc2cccc(Cl)c2)c(F)c1. The van der Waals surface area contributed by atoms with Crippen LogP contribution in [0.2, 0.25) is 5.02 Å². The average molecular weight is 306 g/mol. The van der Waals surface area contributed by atoms with Crippen molar-refractivity contribution in [2.24, 2.45) is 0 Å². The highest BCUT2D eigenvalue weighted by molar-refractivity contribution is 6.30. The van der Waals surface area contributed by atoms with Gasteiger partial charge in [-0.15, -0.1) is 0 Å². The lowest BCUT2D eigenvalue weighted by Crippen LogP contribution is -2.07. The Hall–Kier alpha value is -2.33. The Morgan fingerprint density at radius 3 is 2.81 bits per heavy atom. The van der Waals surface area contributed by atoms with Gasteiger partial charge in [-0.1, -0.05) is 30.3 Å². The molecular formula is C16H13ClFNO2. The number of carbonyl (C=O) groups is 1. The van der Waals surface area contributed by atoms with Crippen molar-refractivity contribution in [3.05, 3.63) is 71.5 Å². The summed E-state index contributed by atoms with van der Waals surface area (Å²) in [4.78, 5) is 11.1. The van der Waals surface area contributed by atoms with E-state index in [1.54, 1.807) is 24.3 Å². The van der Waals surface area contributed by atoms with Crippen LogP contribution in [0, 0.1) is 5.82 Å². The fourth-order valence-electron chi connectivity index (χ4n) is 1.68. The summed E-state index contributed by atoms with van der Waals surface area (Å²) in [6, 6.07) is 11.3. The van der Waals surface area contributed by atoms with Gasteiger partial charge in [-0.05, 0) is 35.9 Å². The number of amides is 1. The fourth-order valence-corrected chi connectivity index (χ4v) is 1.89. The van der Waals surface area contributed by atoms with E-state index in [0.29, 0.717) is 10.7 Å². The molecule has 2 rings (SSSR count). The molecule has 2 aromatic rings. The van der Waals surface area contributed by atoms with Crippen LogP contribution in [-0.2, 0) is 11.4 Å². The van der Waals surface area contributed by atoms with Gasteiger partial charge in [-0.3, -0.25) is 4.79 Å². The van der Waals surface area contributed by atoms with E-state index in [-0.39, 0.29) is 12.4 Å². The second-order valence-corrected chi connectivity index (χ2v) is 4.69. The number of rotatable bonds is 5. The predicted octanol–water partition coefficient (Wildman–Crippen LogP) is 4.18. The van der Waals surface area contributed by atoms with Crippen LogP contribution in [0.15, 0.2) is 55.1 Å². The maximum atomic E-state index is 13.9. The third-order valence-corrected chi connectivity index (χ3v) is 2.90. The van der Waals surface area contributed by atoms with Crippen molar-refractivity contribution >= 4 is 23.2 Å². The highest BCUT2D eigenvalue weighted by Crippen LogP contribution is 2.22. The number of carbonyl (C=O) groups excluding carboxylic acids is 1. The van der Waals surface area contributed by atoms with Crippen molar-refractivity contribution in [1.82, 2.24) is 0 Å². The highest BCUT2D eigenvalue weighted by Gasteiger charge is 2.06. The third kappa shape index (κ3) is 4.33. The summed E-state index contributed by atoms with van der Waals surface area (Å²) in [5.74, 6) is -0.854. The fraction of sp³-hybridized carbons (Fsp3) is 0.0625. The van der Waals surface area contributed by atoms with Crippen molar-refractivity contribution in [3.8, 4) is 5.75 Å². The normalized spacial score (nSPS) is 10.0. The molecule has 2 aromatic carbocycles.